The maximum absolute atomic E-state index is 4.01. The maximum Gasteiger partial charge on any atom is 0.0302 e. The number of benzene rings is 1. The van der Waals surface area contributed by atoms with E-state index < -0.39 is 0 Å². The molecule has 1 aliphatic rings. The molecule has 1 saturated carbocycles. The van der Waals surface area contributed by atoms with Crippen LogP contribution >= 0.6 is 0 Å². The molecule has 0 atom stereocenters. The lowest BCUT2D eigenvalue weighted by Gasteiger charge is -2.01. The van der Waals surface area contributed by atoms with Gasteiger partial charge in [-0.25, -0.2) is 0 Å². The summed E-state index contributed by atoms with van der Waals surface area (Å²) in [4.78, 5) is 4.01. The summed E-state index contributed by atoms with van der Waals surface area (Å²) in [5.74, 6) is 3.32. The van der Waals surface area contributed by atoms with Crippen molar-refractivity contribution in [2.24, 2.45) is 11.8 Å². The zero-order valence-corrected chi connectivity index (χ0v) is 22.4. The Kier molecular flexibility index (Phi) is 26.0. The van der Waals surface area contributed by atoms with Gasteiger partial charge in [-0.1, -0.05) is 119 Å². The van der Waals surface area contributed by atoms with Gasteiger partial charge in [0, 0.05) is 12.4 Å². The van der Waals surface area contributed by atoms with Gasteiger partial charge in [0.1, 0.15) is 0 Å². The standard InChI is InChI=1S/C9H12.C8H11N.C6H12.3C2H6/c1-8(2)9-6-4-3-5-7-9;1-7(2)8-4-3-5-9-6-8;1-5(2)6-3-4-6;3*1-2/h3-8H,1-2H3;3-7H,1-2H3;5-6H,3-4H2,1-2H3;3*1-2H3. The van der Waals surface area contributed by atoms with E-state index in [4.69, 9.17) is 0 Å². The van der Waals surface area contributed by atoms with Gasteiger partial charge in [-0.3, -0.25) is 4.98 Å². The van der Waals surface area contributed by atoms with Crippen LogP contribution in [-0.4, -0.2) is 4.98 Å². The first-order chi connectivity index (χ1) is 14.4. The summed E-state index contributed by atoms with van der Waals surface area (Å²) in [6.45, 7) is 25.3. The molecule has 0 saturated heterocycles. The van der Waals surface area contributed by atoms with Gasteiger partial charge in [0.15, 0.2) is 0 Å². The van der Waals surface area contributed by atoms with Crippen molar-refractivity contribution >= 4 is 0 Å². The average Bonchev–Trinajstić information content (AvgIpc) is 3.66. The van der Waals surface area contributed by atoms with Crippen molar-refractivity contribution in [2.75, 3.05) is 0 Å². The molecule has 1 aromatic heterocycles. The first-order valence-electron chi connectivity index (χ1n) is 12.4. The van der Waals surface area contributed by atoms with Crippen molar-refractivity contribution in [3.63, 3.8) is 0 Å². The first-order valence-corrected chi connectivity index (χ1v) is 12.4. The molecule has 3 rings (SSSR count). The molecule has 1 heterocycles. The Hall–Kier alpha value is -1.63. The summed E-state index contributed by atoms with van der Waals surface area (Å²) in [5, 5.41) is 0. The molecule has 0 unspecified atom stereocenters. The van der Waals surface area contributed by atoms with Crippen molar-refractivity contribution in [2.45, 2.75) is 108 Å². The Balaban J connectivity index is -0.000000328. The highest BCUT2D eigenvalue weighted by Gasteiger charge is 2.23. The second-order valence-corrected chi connectivity index (χ2v) is 7.59. The highest BCUT2D eigenvalue weighted by atomic mass is 14.6. The third-order valence-electron chi connectivity index (χ3n) is 4.38. The van der Waals surface area contributed by atoms with Gasteiger partial charge < -0.3 is 0 Å². The molecule has 0 aliphatic heterocycles. The molecule has 1 aromatic carbocycles. The van der Waals surface area contributed by atoms with Crippen molar-refractivity contribution in [3.8, 4) is 0 Å². The number of pyridine rings is 1. The summed E-state index contributed by atoms with van der Waals surface area (Å²) >= 11 is 0. The van der Waals surface area contributed by atoms with Crippen LogP contribution in [0.1, 0.15) is 119 Å². The van der Waals surface area contributed by atoms with Crippen LogP contribution in [-0.2, 0) is 0 Å². The van der Waals surface area contributed by atoms with Gasteiger partial charge in [-0.05, 0) is 53.7 Å². The molecule has 1 heteroatoms. The van der Waals surface area contributed by atoms with Gasteiger partial charge >= 0.3 is 0 Å². The molecule has 0 radical (unpaired) electrons. The lowest BCUT2D eigenvalue weighted by Crippen LogP contribution is -1.85. The van der Waals surface area contributed by atoms with E-state index in [9.17, 15) is 0 Å². The molecule has 0 amide bonds. The molecule has 1 fully saturated rings. The van der Waals surface area contributed by atoms with Gasteiger partial charge in [-0.2, -0.15) is 0 Å². The topological polar surface area (TPSA) is 12.9 Å². The molecule has 1 nitrogen and oxygen atoms in total. The van der Waals surface area contributed by atoms with Crippen LogP contribution in [0.2, 0.25) is 0 Å². The SMILES string of the molecule is CC.CC.CC.CC(C)C1CC1.CC(C)c1ccccc1.CC(C)c1cccnc1. The lowest BCUT2D eigenvalue weighted by molar-refractivity contribution is 0.563. The Bertz CT molecular complexity index is 481. The fourth-order valence-electron chi connectivity index (χ4n) is 2.32. The Morgan fingerprint density at radius 3 is 1.27 bits per heavy atom. The second kappa shape index (κ2) is 23.6. The van der Waals surface area contributed by atoms with Crippen LogP contribution in [0.4, 0.5) is 0 Å². The monoisotopic (exact) mass is 415 g/mol. The molecule has 0 N–H and O–H groups in total. The molecule has 30 heavy (non-hydrogen) atoms. The van der Waals surface area contributed by atoms with Crippen molar-refractivity contribution in [3.05, 3.63) is 66.0 Å². The summed E-state index contributed by atoms with van der Waals surface area (Å²) in [6, 6.07) is 14.6. The van der Waals surface area contributed by atoms with Crippen LogP contribution in [0.15, 0.2) is 54.9 Å². The zero-order chi connectivity index (χ0) is 23.9. The van der Waals surface area contributed by atoms with Crippen molar-refractivity contribution < 1.29 is 0 Å². The van der Waals surface area contributed by atoms with Crippen LogP contribution < -0.4 is 0 Å². The van der Waals surface area contributed by atoms with E-state index in [1.54, 1.807) is 6.20 Å². The van der Waals surface area contributed by atoms with Gasteiger partial charge in [0.25, 0.3) is 0 Å². The third-order valence-corrected chi connectivity index (χ3v) is 4.38. The number of nitrogens with zero attached hydrogens (tertiary/aromatic N) is 1. The van der Waals surface area contributed by atoms with E-state index in [0.717, 1.165) is 11.8 Å². The fourth-order valence-corrected chi connectivity index (χ4v) is 2.32. The van der Waals surface area contributed by atoms with Crippen LogP contribution in [0.5, 0.6) is 0 Å². The quantitative estimate of drug-likeness (QED) is 0.485. The van der Waals surface area contributed by atoms with Gasteiger partial charge in [0.2, 0.25) is 0 Å². The summed E-state index contributed by atoms with van der Waals surface area (Å²) < 4.78 is 0. The Labute approximate surface area is 190 Å². The van der Waals surface area contributed by atoms with Crippen molar-refractivity contribution in [1.82, 2.24) is 4.98 Å². The van der Waals surface area contributed by atoms with E-state index in [2.05, 4.69) is 76.9 Å². The van der Waals surface area contributed by atoms with E-state index >= 15 is 0 Å². The number of hydrogen-bond acceptors (Lipinski definition) is 1. The second-order valence-electron chi connectivity index (χ2n) is 7.59. The van der Waals surface area contributed by atoms with Gasteiger partial charge in [0.05, 0.1) is 0 Å². The van der Waals surface area contributed by atoms with E-state index in [0.29, 0.717) is 11.8 Å². The lowest BCUT2D eigenvalue weighted by atomic mass is 10.0. The van der Waals surface area contributed by atoms with E-state index in [1.165, 1.54) is 24.0 Å². The van der Waals surface area contributed by atoms with E-state index in [1.807, 2.05) is 59.9 Å². The zero-order valence-electron chi connectivity index (χ0n) is 22.4. The minimum absolute atomic E-state index is 0.596. The van der Waals surface area contributed by atoms with Crippen LogP contribution in [0, 0.1) is 11.8 Å². The highest BCUT2D eigenvalue weighted by Crippen LogP contribution is 2.35. The predicted molar refractivity (Wildman–Crippen MR) is 140 cm³/mol. The minimum Gasteiger partial charge on any atom is -0.264 e. The summed E-state index contributed by atoms with van der Waals surface area (Å²) in [5.41, 5.74) is 2.72. The smallest absolute Gasteiger partial charge is 0.0302 e. The minimum atomic E-state index is 0.596. The molecule has 2 aromatic rings. The fraction of sp³-hybridized carbons (Fsp3) is 0.621. The molecular formula is C29H53N. The average molecular weight is 416 g/mol. The number of hydrogen-bond donors (Lipinski definition) is 0. The Morgan fingerprint density at radius 2 is 1.07 bits per heavy atom. The largest absolute Gasteiger partial charge is 0.264 e. The summed E-state index contributed by atoms with van der Waals surface area (Å²) in [6.07, 6.45) is 6.70. The normalized spacial score (nSPS) is 11.2. The third kappa shape index (κ3) is 19.7. The van der Waals surface area contributed by atoms with E-state index in [-0.39, 0.29) is 0 Å². The predicted octanol–water partition coefficient (Wildman–Crippen LogP) is 10.1. The first kappa shape index (κ1) is 33.0. The van der Waals surface area contributed by atoms with Gasteiger partial charge in [-0.15, -0.1) is 0 Å². The molecule has 0 bridgehead atoms. The highest BCUT2D eigenvalue weighted by molar-refractivity contribution is 5.17. The molecule has 0 spiro atoms. The van der Waals surface area contributed by atoms with Crippen molar-refractivity contribution in [1.29, 1.82) is 0 Å². The molecule has 174 valence electrons. The van der Waals surface area contributed by atoms with Crippen LogP contribution in [0.3, 0.4) is 0 Å². The summed E-state index contributed by atoms with van der Waals surface area (Å²) in [7, 11) is 0. The number of rotatable bonds is 3. The number of aromatic nitrogens is 1. The maximum atomic E-state index is 4.01. The molecule has 1 aliphatic carbocycles. The Morgan fingerprint density at radius 1 is 0.633 bits per heavy atom. The molecular weight excluding hydrogens is 362 g/mol. The van der Waals surface area contributed by atoms with Crippen LogP contribution in [0.25, 0.3) is 0 Å².